The largest absolute Gasteiger partial charge is 0.497 e. The fraction of sp³-hybridized carbons (Fsp3) is 0.0588. The Labute approximate surface area is 138 Å². The third kappa shape index (κ3) is 3.49. The second-order valence-corrected chi connectivity index (χ2v) is 5.20. The lowest BCUT2D eigenvalue weighted by atomic mass is 10.2. The Morgan fingerprint density at radius 1 is 1.13 bits per heavy atom. The van der Waals surface area contributed by atoms with E-state index in [1.807, 2.05) is 36.4 Å². The van der Waals surface area contributed by atoms with Crippen LogP contribution in [0.1, 0.15) is 10.6 Å². The fourth-order valence-electron chi connectivity index (χ4n) is 2.12. The quantitative estimate of drug-likeness (QED) is 0.721. The van der Waals surface area contributed by atoms with Gasteiger partial charge < -0.3 is 14.5 Å². The lowest BCUT2D eigenvalue weighted by Gasteiger charge is -2.09. The topological polar surface area (TPSA) is 63.5 Å². The number of benzene rings is 2. The Morgan fingerprint density at radius 3 is 2.74 bits per heavy atom. The zero-order chi connectivity index (χ0) is 16.2. The van der Waals surface area contributed by atoms with Gasteiger partial charge in [-0.3, -0.25) is 10.1 Å². The molecule has 2 aromatic carbocycles. The van der Waals surface area contributed by atoms with Gasteiger partial charge in [-0.2, -0.15) is 0 Å². The molecule has 0 spiro atoms. The van der Waals surface area contributed by atoms with Crippen LogP contribution in [0.25, 0.3) is 11.0 Å². The van der Waals surface area contributed by atoms with E-state index < -0.39 is 5.91 Å². The van der Waals surface area contributed by atoms with Gasteiger partial charge in [-0.1, -0.05) is 24.3 Å². The van der Waals surface area contributed by atoms with Crippen molar-refractivity contribution < 1.29 is 13.9 Å². The smallest absolute Gasteiger partial charge is 0.293 e. The zero-order valence-corrected chi connectivity index (χ0v) is 13.1. The first kappa shape index (κ1) is 15.1. The number of methoxy groups -OCH3 is 1. The van der Waals surface area contributed by atoms with Gasteiger partial charge in [-0.25, -0.2) is 0 Å². The number of carbonyl (C=O) groups excluding carboxylic acids is 1. The molecule has 0 radical (unpaired) electrons. The van der Waals surface area contributed by atoms with Gasteiger partial charge in [0.25, 0.3) is 5.91 Å². The van der Waals surface area contributed by atoms with Gasteiger partial charge in [-0.05, 0) is 36.5 Å². The summed E-state index contributed by atoms with van der Waals surface area (Å²) in [6.45, 7) is 0. The van der Waals surface area contributed by atoms with Crippen molar-refractivity contribution in [2.24, 2.45) is 0 Å². The van der Waals surface area contributed by atoms with Crippen LogP contribution in [0.2, 0.25) is 0 Å². The van der Waals surface area contributed by atoms with Gasteiger partial charge in [0.1, 0.15) is 11.3 Å². The number of hydrogen-bond donors (Lipinski definition) is 2. The minimum Gasteiger partial charge on any atom is -0.497 e. The van der Waals surface area contributed by atoms with Gasteiger partial charge in [0.2, 0.25) is 0 Å². The molecule has 116 valence electrons. The first-order valence-electron chi connectivity index (χ1n) is 6.90. The monoisotopic (exact) mass is 326 g/mol. The molecule has 1 heterocycles. The maximum absolute atomic E-state index is 12.2. The maximum Gasteiger partial charge on any atom is 0.293 e. The van der Waals surface area contributed by atoms with E-state index in [-0.39, 0.29) is 10.9 Å². The Balaban J connectivity index is 1.68. The van der Waals surface area contributed by atoms with E-state index >= 15 is 0 Å². The SMILES string of the molecule is COc1cccc(NC(=S)NC(=O)c2cc3ccccc3o2)c1. The van der Waals surface area contributed by atoms with Crippen molar-refractivity contribution in [3.8, 4) is 5.75 Å². The van der Waals surface area contributed by atoms with Gasteiger partial charge in [0, 0.05) is 17.1 Å². The number of carbonyl (C=O) groups is 1. The molecule has 23 heavy (non-hydrogen) atoms. The number of rotatable bonds is 3. The summed E-state index contributed by atoms with van der Waals surface area (Å²) in [6, 6.07) is 16.3. The molecule has 0 aliphatic rings. The molecule has 3 rings (SSSR count). The number of ether oxygens (including phenoxy) is 1. The van der Waals surface area contributed by atoms with Crippen LogP contribution in [0.3, 0.4) is 0 Å². The average molecular weight is 326 g/mol. The minimum absolute atomic E-state index is 0.184. The number of nitrogens with one attached hydrogen (secondary N) is 2. The normalized spacial score (nSPS) is 10.3. The molecule has 2 N–H and O–H groups in total. The van der Waals surface area contributed by atoms with Crippen LogP contribution in [0, 0.1) is 0 Å². The van der Waals surface area contributed by atoms with Gasteiger partial charge in [0.15, 0.2) is 10.9 Å². The van der Waals surface area contributed by atoms with Crippen molar-refractivity contribution >= 4 is 39.9 Å². The van der Waals surface area contributed by atoms with Crippen molar-refractivity contribution in [1.29, 1.82) is 0 Å². The summed E-state index contributed by atoms with van der Waals surface area (Å²) in [5.74, 6) is 0.504. The van der Waals surface area contributed by atoms with E-state index in [2.05, 4.69) is 10.6 Å². The number of amides is 1. The van der Waals surface area contributed by atoms with Crippen LogP contribution in [-0.4, -0.2) is 18.1 Å². The minimum atomic E-state index is -0.401. The Kier molecular flexibility index (Phi) is 4.25. The predicted molar refractivity (Wildman–Crippen MR) is 92.9 cm³/mol. The fourth-order valence-corrected chi connectivity index (χ4v) is 2.33. The highest BCUT2D eigenvalue weighted by atomic mass is 32.1. The zero-order valence-electron chi connectivity index (χ0n) is 12.3. The molecule has 3 aromatic rings. The van der Waals surface area contributed by atoms with Crippen molar-refractivity contribution in [1.82, 2.24) is 5.32 Å². The standard InChI is InChI=1S/C17H14N2O3S/c1-21-13-7-4-6-12(10-13)18-17(23)19-16(20)15-9-11-5-2-3-8-14(11)22-15/h2-10H,1H3,(H2,18,19,20,23). The Morgan fingerprint density at radius 2 is 1.96 bits per heavy atom. The van der Waals surface area contributed by atoms with E-state index in [0.29, 0.717) is 11.3 Å². The molecule has 0 saturated carbocycles. The summed E-state index contributed by atoms with van der Waals surface area (Å²) in [5.41, 5.74) is 1.38. The number of fused-ring (bicyclic) bond motifs is 1. The first-order valence-corrected chi connectivity index (χ1v) is 7.31. The van der Waals surface area contributed by atoms with Gasteiger partial charge in [0.05, 0.1) is 7.11 Å². The highest BCUT2D eigenvalue weighted by Gasteiger charge is 2.13. The Bertz CT molecular complexity index is 840. The van der Waals surface area contributed by atoms with Crippen molar-refractivity contribution in [2.75, 3.05) is 12.4 Å². The van der Waals surface area contributed by atoms with Crippen molar-refractivity contribution in [3.63, 3.8) is 0 Å². The van der Waals surface area contributed by atoms with Crippen molar-refractivity contribution in [3.05, 3.63) is 60.4 Å². The van der Waals surface area contributed by atoms with E-state index in [0.717, 1.165) is 11.1 Å². The van der Waals surface area contributed by atoms with Crippen LogP contribution in [0.15, 0.2) is 59.0 Å². The van der Waals surface area contributed by atoms with Crippen LogP contribution < -0.4 is 15.4 Å². The first-order chi connectivity index (χ1) is 11.2. The number of anilines is 1. The van der Waals surface area contributed by atoms with Crippen LogP contribution in [0.4, 0.5) is 5.69 Å². The molecule has 0 fully saturated rings. The van der Waals surface area contributed by atoms with Crippen molar-refractivity contribution in [2.45, 2.75) is 0 Å². The molecule has 0 bridgehead atoms. The highest BCUT2D eigenvalue weighted by molar-refractivity contribution is 7.80. The molecule has 0 atom stereocenters. The Hall–Kier alpha value is -2.86. The number of hydrogen-bond acceptors (Lipinski definition) is 4. The van der Waals surface area contributed by atoms with Crippen LogP contribution in [-0.2, 0) is 0 Å². The van der Waals surface area contributed by atoms with Gasteiger partial charge in [-0.15, -0.1) is 0 Å². The molecular weight excluding hydrogens is 312 g/mol. The molecular formula is C17H14N2O3S. The number of thiocarbonyl (C=S) groups is 1. The molecule has 0 aliphatic heterocycles. The second kappa shape index (κ2) is 6.50. The molecule has 1 aromatic heterocycles. The predicted octanol–water partition coefficient (Wildman–Crippen LogP) is 3.57. The maximum atomic E-state index is 12.2. The lowest BCUT2D eigenvalue weighted by Crippen LogP contribution is -2.33. The summed E-state index contributed by atoms with van der Waals surface area (Å²) >= 11 is 5.15. The summed E-state index contributed by atoms with van der Waals surface area (Å²) in [7, 11) is 1.58. The van der Waals surface area contributed by atoms with E-state index in [1.165, 1.54) is 0 Å². The number of para-hydroxylation sites is 1. The van der Waals surface area contributed by atoms with E-state index in [9.17, 15) is 4.79 Å². The molecule has 0 unspecified atom stereocenters. The molecule has 0 saturated heterocycles. The molecule has 6 heteroatoms. The van der Waals surface area contributed by atoms with Crippen LogP contribution >= 0.6 is 12.2 Å². The molecule has 1 amide bonds. The summed E-state index contributed by atoms with van der Waals surface area (Å²) in [4.78, 5) is 12.2. The van der Waals surface area contributed by atoms with Crippen LogP contribution in [0.5, 0.6) is 5.75 Å². The molecule has 5 nitrogen and oxygen atoms in total. The lowest BCUT2D eigenvalue weighted by molar-refractivity contribution is 0.0953. The second-order valence-electron chi connectivity index (χ2n) is 4.79. The van der Waals surface area contributed by atoms with Gasteiger partial charge >= 0.3 is 0 Å². The number of furan rings is 1. The summed E-state index contributed by atoms with van der Waals surface area (Å²) in [5, 5.41) is 6.57. The third-order valence-electron chi connectivity index (χ3n) is 3.20. The molecule has 0 aliphatic carbocycles. The van der Waals surface area contributed by atoms with E-state index in [4.69, 9.17) is 21.4 Å². The summed E-state index contributed by atoms with van der Waals surface area (Å²) < 4.78 is 10.6. The van der Waals surface area contributed by atoms with E-state index in [1.54, 1.807) is 25.3 Å². The summed E-state index contributed by atoms with van der Waals surface area (Å²) in [6.07, 6.45) is 0. The highest BCUT2D eigenvalue weighted by Crippen LogP contribution is 2.19. The average Bonchev–Trinajstić information content (AvgIpc) is 2.99. The third-order valence-corrected chi connectivity index (χ3v) is 3.41.